The quantitative estimate of drug-likeness (QED) is 0.801. The van der Waals surface area contributed by atoms with Crippen LogP contribution in [0.5, 0.6) is 0 Å². The van der Waals surface area contributed by atoms with Crippen molar-refractivity contribution in [2.24, 2.45) is 5.92 Å². The lowest BCUT2D eigenvalue weighted by Crippen LogP contribution is -2.38. The standard InChI is InChI=1S/C13H17NO4S2/c1-8-7-19-11(13(15)18-2)12(8)20(16,17)14-6-9-3-4-10(14)5-9/h7,9-10H,3-6H2,1-2H3. The maximum absolute atomic E-state index is 12.9. The number of methoxy groups -OCH3 is 1. The van der Waals surface area contributed by atoms with Crippen LogP contribution in [0, 0.1) is 12.8 Å². The molecule has 1 aromatic rings. The molecule has 5 nitrogen and oxygen atoms in total. The third kappa shape index (κ3) is 1.99. The maximum atomic E-state index is 12.9. The van der Waals surface area contributed by atoms with Crippen molar-refractivity contribution in [3.63, 3.8) is 0 Å². The number of fused-ring (bicyclic) bond motifs is 2. The predicted molar refractivity (Wildman–Crippen MR) is 75.4 cm³/mol. The molecular weight excluding hydrogens is 298 g/mol. The first-order valence-corrected chi connectivity index (χ1v) is 8.95. The number of rotatable bonds is 3. The van der Waals surface area contributed by atoms with Crippen molar-refractivity contribution in [2.75, 3.05) is 13.7 Å². The Labute approximate surface area is 122 Å². The van der Waals surface area contributed by atoms with E-state index in [1.165, 1.54) is 7.11 Å². The molecule has 1 aromatic heterocycles. The number of hydrogen-bond donors (Lipinski definition) is 0. The molecule has 110 valence electrons. The first kappa shape index (κ1) is 14.0. The van der Waals surface area contributed by atoms with Crippen molar-refractivity contribution in [1.29, 1.82) is 0 Å². The Hall–Kier alpha value is -0.920. The second-order valence-electron chi connectivity index (χ2n) is 5.48. The van der Waals surface area contributed by atoms with Crippen LogP contribution >= 0.6 is 11.3 Å². The zero-order valence-electron chi connectivity index (χ0n) is 11.5. The summed E-state index contributed by atoms with van der Waals surface area (Å²) in [7, 11) is -2.33. The van der Waals surface area contributed by atoms with Crippen molar-refractivity contribution < 1.29 is 17.9 Å². The van der Waals surface area contributed by atoms with Gasteiger partial charge in [-0.25, -0.2) is 13.2 Å². The van der Waals surface area contributed by atoms with Crippen LogP contribution in [-0.4, -0.2) is 38.4 Å². The molecule has 20 heavy (non-hydrogen) atoms. The van der Waals surface area contributed by atoms with E-state index in [4.69, 9.17) is 4.74 Å². The molecule has 1 saturated carbocycles. The molecule has 3 rings (SSSR count). The van der Waals surface area contributed by atoms with E-state index in [1.54, 1.807) is 16.6 Å². The number of hydrogen-bond acceptors (Lipinski definition) is 5. The average molecular weight is 315 g/mol. The zero-order valence-corrected chi connectivity index (χ0v) is 13.1. The van der Waals surface area contributed by atoms with Gasteiger partial charge in [-0.05, 0) is 43.0 Å². The van der Waals surface area contributed by atoms with Gasteiger partial charge in [0.2, 0.25) is 10.0 Å². The fourth-order valence-corrected chi connectivity index (χ4v) is 6.68. The van der Waals surface area contributed by atoms with Crippen molar-refractivity contribution in [1.82, 2.24) is 4.31 Å². The van der Waals surface area contributed by atoms with E-state index in [-0.39, 0.29) is 15.8 Å². The van der Waals surface area contributed by atoms with E-state index in [2.05, 4.69) is 0 Å². The van der Waals surface area contributed by atoms with Crippen LogP contribution in [0.4, 0.5) is 0 Å². The Morgan fingerprint density at radius 3 is 2.75 bits per heavy atom. The highest BCUT2D eigenvalue weighted by Crippen LogP contribution is 2.42. The Bertz CT molecular complexity index is 649. The number of piperidine rings is 1. The van der Waals surface area contributed by atoms with Gasteiger partial charge in [0, 0.05) is 12.6 Å². The minimum absolute atomic E-state index is 0.106. The van der Waals surface area contributed by atoms with Gasteiger partial charge in [0.1, 0.15) is 9.77 Å². The van der Waals surface area contributed by atoms with Gasteiger partial charge in [-0.2, -0.15) is 4.31 Å². The Kier molecular flexibility index (Phi) is 3.38. The Morgan fingerprint density at radius 2 is 2.20 bits per heavy atom. The third-order valence-electron chi connectivity index (χ3n) is 4.21. The molecule has 0 aromatic carbocycles. The summed E-state index contributed by atoms with van der Waals surface area (Å²) in [5.74, 6) is -0.0960. The van der Waals surface area contributed by atoms with Crippen LogP contribution in [-0.2, 0) is 14.8 Å². The van der Waals surface area contributed by atoms with Crippen LogP contribution in [0.3, 0.4) is 0 Å². The molecule has 2 heterocycles. The van der Waals surface area contributed by atoms with E-state index < -0.39 is 16.0 Å². The second-order valence-corrected chi connectivity index (χ2v) is 8.18. The molecule has 1 aliphatic carbocycles. The fraction of sp³-hybridized carbons (Fsp3) is 0.615. The van der Waals surface area contributed by atoms with Gasteiger partial charge in [-0.15, -0.1) is 11.3 Å². The average Bonchev–Trinajstić information content (AvgIpc) is 3.11. The fourth-order valence-electron chi connectivity index (χ4n) is 3.28. The molecule has 2 unspecified atom stereocenters. The van der Waals surface area contributed by atoms with Gasteiger partial charge in [-0.1, -0.05) is 0 Å². The molecule has 0 spiro atoms. The van der Waals surface area contributed by atoms with Crippen molar-refractivity contribution in [2.45, 2.75) is 37.1 Å². The predicted octanol–water partition coefficient (Wildman–Crippen LogP) is 2.02. The molecule has 2 atom stereocenters. The summed E-state index contributed by atoms with van der Waals surface area (Å²) in [5, 5.41) is 1.70. The normalized spacial score (nSPS) is 26.1. The third-order valence-corrected chi connectivity index (χ3v) is 7.53. The number of nitrogens with zero attached hydrogens (tertiary/aromatic N) is 1. The molecule has 7 heteroatoms. The number of carbonyl (C=O) groups is 1. The summed E-state index contributed by atoms with van der Waals surface area (Å²) in [6.45, 7) is 2.31. The molecule has 2 aliphatic rings. The maximum Gasteiger partial charge on any atom is 0.349 e. The molecule has 0 amide bonds. The van der Waals surface area contributed by atoms with Gasteiger partial charge >= 0.3 is 5.97 Å². The van der Waals surface area contributed by atoms with Gasteiger partial charge in [0.25, 0.3) is 0 Å². The highest BCUT2D eigenvalue weighted by atomic mass is 32.2. The monoisotopic (exact) mass is 315 g/mol. The SMILES string of the molecule is COC(=O)c1scc(C)c1S(=O)(=O)N1CC2CCC1C2. The van der Waals surface area contributed by atoms with Gasteiger partial charge in [-0.3, -0.25) is 0 Å². The lowest BCUT2D eigenvalue weighted by molar-refractivity contribution is 0.0602. The number of carbonyl (C=O) groups excluding carboxylic acids is 1. The highest BCUT2D eigenvalue weighted by Gasteiger charge is 2.46. The Balaban J connectivity index is 2.04. The van der Waals surface area contributed by atoms with E-state index in [9.17, 15) is 13.2 Å². The lowest BCUT2D eigenvalue weighted by Gasteiger charge is -2.26. The molecule has 0 radical (unpaired) electrons. The minimum atomic E-state index is -3.60. The second kappa shape index (κ2) is 4.82. The first-order valence-electron chi connectivity index (χ1n) is 6.63. The van der Waals surface area contributed by atoms with E-state index in [1.807, 2.05) is 0 Å². The molecule has 0 N–H and O–H groups in total. The van der Waals surface area contributed by atoms with Crippen LogP contribution in [0.15, 0.2) is 10.3 Å². The Morgan fingerprint density at radius 1 is 1.45 bits per heavy atom. The van der Waals surface area contributed by atoms with Crippen LogP contribution in [0.1, 0.15) is 34.5 Å². The van der Waals surface area contributed by atoms with Gasteiger partial charge in [0.05, 0.1) is 7.11 Å². The van der Waals surface area contributed by atoms with Crippen molar-refractivity contribution >= 4 is 27.3 Å². The summed E-state index contributed by atoms with van der Waals surface area (Å²) in [4.78, 5) is 12.1. The van der Waals surface area contributed by atoms with E-state index >= 15 is 0 Å². The van der Waals surface area contributed by atoms with Crippen LogP contribution < -0.4 is 0 Å². The van der Waals surface area contributed by atoms with Gasteiger partial charge in [0.15, 0.2) is 0 Å². The van der Waals surface area contributed by atoms with E-state index in [0.29, 0.717) is 18.0 Å². The summed E-state index contributed by atoms with van der Waals surface area (Å²) in [6, 6.07) is 0.106. The number of thiophene rings is 1. The smallest absolute Gasteiger partial charge is 0.349 e. The van der Waals surface area contributed by atoms with Crippen LogP contribution in [0.25, 0.3) is 0 Å². The number of sulfonamides is 1. The lowest BCUT2D eigenvalue weighted by atomic mass is 10.1. The molecule has 2 fully saturated rings. The van der Waals surface area contributed by atoms with Crippen molar-refractivity contribution in [3.05, 3.63) is 15.8 Å². The zero-order chi connectivity index (χ0) is 14.5. The molecule has 2 bridgehead atoms. The topological polar surface area (TPSA) is 63.7 Å². The first-order chi connectivity index (χ1) is 9.45. The van der Waals surface area contributed by atoms with Crippen LogP contribution in [0.2, 0.25) is 0 Å². The summed E-state index contributed by atoms with van der Waals surface area (Å²) in [6.07, 6.45) is 3.00. The number of aryl methyl sites for hydroxylation is 1. The van der Waals surface area contributed by atoms with E-state index in [0.717, 1.165) is 30.6 Å². The van der Waals surface area contributed by atoms with Gasteiger partial charge < -0.3 is 4.74 Å². The van der Waals surface area contributed by atoms with Crippen molar-refractivity contribution in [3.8, 4) is 0 Å². The summed E-state index contributed by atoms with van der Waals surface area (Å²) in [5.41, 5.74) is 0.623. The number of ether oxygens (including phenoxy) is 1. The summed E-state index contributed by atoms with van der Waals surface area (Å²) < 4.78 is 32.0. The minimum Gasteiger partial charge on any atom is -0.465 e. The number of esters is 1. The molecular formula is C13H17NO4S2. The highest BCUT2D eigenvalue weighted by molar-refractivity contribution is 7.89. The largest absolute Gasteiger partial charge is 0.465 e. The molecule has 1 aliphatic heterocycles. The molecule has 1 saturated heterocycles. The summed E-state index contributed by atoms with van der Waals surface area (Å²) >= 11 is 1.13.